The summed E-state index contributed by atoms with van der Waals surface area (Å²) >= 11 is 5.72. The molecule has 0 spiro atoms. The second kappa shape index (κ2) is 3.59. The molecule has 0 bridgehead atoms. The number of aliphatic hydroxyl groups is 2. The Bertz CT molecular complexity index is 315. The number of hydrogen-bond donors (Lipinski definition) is 3. The van der Waals surface area contributed by atoms with Crippen LogP contribution in [0.25, 0.3) is 0 Å². The molecule has 1 heterocycles. The number of hydrogen-bond acceptors (Lipinski definition) is 4. The molecule has 0 aliphatic rings. The lowest BCUT2D eigenvalue weighted by Gasteiger charge is -2.21. The average molecular weight is 203 g/mol. The Hall–Kier alpha value is -0.680. The molecule has 0 amide bonds. The molecule has 4 nitrogen and oxygen atoms in total. The second-order valence-electron chi connectivity index (χ2n) is 2.71. The van der Waals surface area contributed by atoms with E-state index < -0.39 is 5.91 Å². The van der Waals surface area contributed by atoms with E-state index in [0.29, 0.717) is 0 Å². The van der Waals surface area contributed by atoms with Gasteiger partial charge in [-0.05, 0) is 26.1 Å². The van der Waals surface area contributed by atoms with Gasteiger partial charge in [-0.2, -0.15) is 0 Å². The summed E-state index contributed by atoms with van der Waals surface area (Å²) < 4.78 is 0. The second-order valence-corrected chi connectivity index (χ2v) is 3.07. The minimum Gasteiger partial charge on any atom is -0.350 e. The minimum absolute atomic E-state index is 0.0827. The Balaban J connectivity index is 3.16. The first-order valence-corrected chi connectivity index (χ1v) is 4.12. The van der Waals surface area contributed by atoms with Gasteiger partial charge < -0.3 is 10.2 Å². The molecular formula is C8H11ClN2O2. The monoisotopic (exact) mass is 202 g/mol. The van der Waals surface area contributed by atoms with Crippen LogP contribution >= 0.6 is 11.6 Å². The molecule has 0 saturated carbocycles. The van der Waals surface area contributed by atoms with Crippen LogP contribution in [0.2, 0.25) is 5.15 Å². The van der Waals surface area contributed by atoms with Gasteiger partial charge in [0.2, 0.25) is 0 Å². The van der Waals surface area contributed by atoms with E-state index in [9.17, 15) is 10.2 Å². The van der Waals surface area contributed by atoms with Crippen LogP contribution in [0.3, 0.4) is 0 Å². The molecule has 0 radical (unpaired) electrons. The highest BCUT2D eigenvalue weighted by molar-refractivity contribution is 6.30. The molecule has 13 heavy (non-hydrogen) atoms. The lowest BCUT2D eigenvalue weighted by Crippen LogP contribution is -2.39. The molecule has 72 valence electrons. The minimum atomic E-state index is -2.13. The van der Waals surface area contributed by atoms with Crippen LogP contribution in [0.4, 0.5) is 0 Å². The van der Waals surface area contributed by atoms with Crippen molar-refractivity contribution in [3.8, 4) is 0 Å². The Morgan fingerprint density at radius 2 is 2.08 bits per heavy atom. The standard InChI is InChI=1S/C8H11ClN2O2/c1-5-3-4-6(7(9)11-5)8(12,13)10-2/h3-4,10,12-13H,1-2H3. The lowest BCUT2D eigenvalue weighted by molar-refractivity contribution is -0.190. The maximum atomic E-state index is 9.39. The van der Waals surface area contributed by atoms with E-state index in [2.05, 4.69) is 10.3 Å². The van der Waals surface area contributed by atoms with Crippen molar-refractivity contribution in [1.29, 1.82) is 0 Å². The summed E-state index contributed by atoms with van der Waals surface area (Å²) in [6, 6.07) is 3.17. The van der Waals surface area contributed by atoms with Crippen LogP contribution in [0, 0.1) is 6.92 Å². The van der Waals surface area contributed by atoms with Gasteiger partial charge in [-0.1, -0.05) is 11.6 Å². The van der Waals surface area contributed by atoms with Gasteiger partial charge in [0.15, 0.2) is 0 Å². The molecule has 1 aromatic rings. The van der Waals surface area contributed by atoms with Crippen LogP contribution in [0.15, 0.2) is 12.1 Å². The fourth-order valence-corrected chi connectivity index (χ4v) is 1.25. The number of aromatic nitrogens is 1. The van der Waals surface area contributed by atoms with Crippen LogP contribution in [-0.2, 0) is 5.91 Å². The van der Waals surface area contributed by atoms with Gasteiger partial charge in [-0.3, -0.25) is 5.32 Å². The molecule has 0 aromatic carbocycles. The third-order valence-electron chi connectivity index (χ3n) is 1.71. The van der Waals surface area contributed by atoms with Gasteiger partial charge in [0.1, 0.15) is 5.15 Å². The summed E-state index contributed by atoms with van der Waals surface area (Å²) in [5.74, 6) is -2.13. The normalized spacial score (nSPS) is 11.8. The highest BCUT2D eigenvalue weighted by Crippen LogP contribution is 2.22. The number of aryl methyl sites for hydroxylation is 1. The van der Waals surface area contributed by atoms with Crippen LogP contribution in [-0.4, -0.2) is 22.2 Å². The zero-order valence-corrected chi connectivity index (χ0v) is 8.13. The van der Waals surface area contributed by atoms with Crippen molar-refractivity contribution in [2.45, 2.75) is 12.8 Å². The molecule has 0 aliphatic carbocycles. The fraction of sp³-hybridized carbons (Fsp3) is 0.375. The third kappa shape index (κ3) is 2.16. The first-order valence-electron chi connectivity index (χ1n) is 3.74. The summed E-state index contributed by atoms with van der Waals surface area (Å²) in [7, 11) is 1.41. The SMILES string of the molecule is CNC(O)(O)c1ccc(C)nc1Cl. The molecule has 3 N–H and O–H groups in total. The van der Waals surface area contributed by atoms with Crippen molar-refractivity contribution >= 4 is 11.6 Å². The topological polar surface area (TPSA) is 65.4 Å². The zero-order chi connectivity index (χ0) is 10.1. The number of rotatable bonds is 2. The summed E-state index contributed by atoms with van der Waals surface area (Å²) in [5.41, 5.74) is 0.864. The zero-order valence-electron chi connectivity index (χ0n) is 7.37. The highest BCUT2D eigenvalue weighted by Gasteiger charge is 2.26. The van der Waals surface area contributed by atoms with E-state index in [1.165, 1.54) is 13.1 Å². The number of nitrogens with one attached hydrogen (secondary N) is 1. The molecule has 1 rings (SSSR count). The first-order chi connectivity index (χ1) is 5.97. The fourth-order valence-electron chi connectivity index (χ4n) is 0.920. The quantitative estimate of drug-likeness (QED) is 0.479. The summed E-state index contributed by atoms with van der Waals surface area (Å²) in [5, 5.41) is 21.2. The highest BCUT2D eigenvalue weighted by atomic mass is 35.5. The van der Waals surface area contributed by atoms with E-state index in [4.69, 9.17) is 11.6 Å². The molecule has 0 fully saturated rings. The Morgan fingerprint density at radius 3 is 2.54 bits per heavy atom. The maximum Gasteiger partial charge on any atom is 0.253 e. The predicted octanol–water partition coefficient (Wildman–Crippen LogP) is 0.358. The van der Waals surface area contributed by atoms with Crippen LogP contribution < -0.4 is 5.32 Å². The van der Waals surface area contributed by atoms with Crippen molar-refractivity contribution in [2.75, 3.05) is 7.05 Å². The van der Waals surface area contributed by atoms with Gasteiger partial charge in [-0.15, -0.1) is 0 Å². The third-order valence-corrected chi connectivity index (χ3v) is 2.00. The van der Waals surface area contributed by atoms with E-state index >= 15 is 0 Å². The number of nitrogens with zero attached hydrogens (tertiary/aromatic N) is 1. The van der Waals surface area contributed by atoms with Crippen molar-refractivity contribution < 1.29 is 10.2 Å². The van der Waals surface area contributed by atoms with Crippen LogP contribution in [0.1, 0.15) is 11.3 Å². The van der Waals surface area contributed by atoms with E-state index in [1.54, 1.807) is 13.0 Å². The Labute approximate surface area is 81.2 Å². The van der Waals surface area contributed by atoms with E-state index in [0.717, 1.165) is 5.69 Å². The molecule has 0 unspecified atom stereocenters. The van der Waals surface area contributed by atoms with Crippen molar-refractivity contribution in [1.82, 2.24) is 10.3 Å². The van der Waals surface area contributed by atoms with Crippen molar-refractivity contribution in [2.24, 2.45) is 0 Å². The first kappa shape index (κ1) is 10.4. The molecule has 0 saturated heterocycles. The summed E-state index contributed by atoms with van der Waals surface area (Å²) in [6.45, 7) is 1.77. The predicted molar refractivity (Wildman–Crippen MR) is 49.2 cm³/mol. The van der Waals surface area contributed by atoms with E-state index in [1.807, 2.05) is 0 Å². The van der Waals surface area contributed by atoms with Gasteiger partial charge >= 0.3 is 0 Å². The molecule has 0 atom stereocenters. The van der Waals surface area contributed by atoms with Gasteiger partial charge in [-0.25, -0.2) is 4.98 Å². The average Bonchev–Trinajstić information content (AvgIpc) is 2.03. The largest absolute Gasteiger partial charge is 0.350 e. The molecule has 0 aliphatic heterocycles. The Kier molecular flexibility index (Phi) is 2.87. The van der Waals surface area contributed by atoms with Crippen LogP contribution in [0.5, 0.6) is 0 Å². The van der Waals surface area contributed by atoms with Crippen molar-refractivity contribution in [3.63, 3.8) is 0 Å². The number of halogens is 1. The maximum absolute atomic E-state index is 9.39. The van der Waals surface area contributed by atoms with Crippen molar-refractivity contribution in [3.05, 3.63) is 28.5 Å². The molecule has 1 aromatic heterocycles. The lowest BCUT2D eigenvalue weighted by atomic mass is 10.2. The molecule has 5 heteroatoms. The van der Waals surface area contributed by atoms with Gasteiger partial charge in [0.05, 0.1) is 5.56 Å². The van der Waals surface area contributed by atoms with E-state index in [-0.39, 0.29) is 10.7 Å². The Morgan fingerprint density at radius 1 is 1.46 bits per heavy atom. The number of pyridine rings is 1. The smallest absolute Gasteiger partial charge is 0.253 e. The van der Waals surface area contributed by atoms with Gasteiger partial charge in [0.25, 0.3) is 5.91 Å². The summed E-state index contributed by atoms with van der Waals surface area (Å²) in [4.78, 5) is 3.89. The summed E-state index contributed by atoms with van der Waals surface area (Å²) in [6.07, 6.45) is 0. The molecular weight excluding hydrogens is 192 g/mol. The van der Waals surface area contributed by atoms with Gasteiger partial charge in [0, 0.05) is 5.69 Å².